The zero-order valence-corrected chi connectivity index (χ0v) is 13.1. The van der Waals surface area contributed by atoms with Crippen LogP contribution in [0.2, 0.25) is 0 Å². The average Bonchev–Trinajstić information content (AvgIpc) is 2.96. The molecule has 2 heterocycles. The number of benzene rings is 1. The molecule has 1 aromatic carbocycles. The number of aryl methyl sites for hydroxylation is 2. The Bertz CT molecular complexity index is 897. The molecule has 3 rings (SSSR count). The van der Waals surface area contributed by atoms with Crippen molar-refractivity contribution in [2.75, 3.05) is 17.2 Å². The van der Waals surface area contributed by atoms with Gasteiger partial charge >= 0.3 is 0 Å². The van der Waals surface area contributed by atoms with Gasteiger partial charge in [-0.3, -0.25) is 0 Å². The molecule has 6 nitrogen and oxygen atoms in total. The first-order chi connectivity index (χ1) is 10.5. The van der Waals surface area contributed by atoms with E-state index in [1.165, 1.54) is 10.1 Å². The zero-order chi connectivity index (χ0) is 15.9. The molecule has 0 aliphatic rings. The molecule has 3 aromatic rings. The number of nitrogens with zero attached hydrogens (tertiary/aromatic N) is 3. The van der Waals surface area contributed by atoms with E-state index in [9.17, 15) is 0 Å². The van der Waals surface area contributed by atoms with Crippen LogP contribution in [0.1, 0.15) is 11.3 Å². The molecule has 0 unspecified atom stereocenters. The highest BCUT2D eigenvalue weighted by Gasteiger charge is 2.12. The minimum atomic E-state index is 0.213. The van der Waals surface area contributed by atoms with Gasteiger partial charge in [0.1, 0.15) is 11.5 Å². The Morgan fingerprint density at radius 3 is 2.55 bits per heavy atom. The number of aromatic nitrogens is 1. The van der Waals surface area contributed by atoms with E-state index in [1.54, 1.807) is 18.3 Å². The predicted molar refractivity (Wildman–Crippen MR) is 92.9 cm³/mol. The second kappa shape index (κ2) is 5.27. The summed E-state index contributed by atoms with van der Waals surface area (Å²) in [5.41, 5.74) is 20.9. The van der Waals surface area contributed by atoms with Gasteiger partial charge in [0.25, 0.3) is 0 Å². The van der Waals surface area contributed by atoms with E-state index < -0.39 is 0 Å². The van der Waals surface area contributed by atoms with Gasteiger partial charge in [-0.1, -0.05) is 6.07 Å². The molecule has 0 amide bonds. The van der Waals surface area contributed by atoms with Crippen LogP contribution in [0.3, 0.4) is 0 Å². The van der Waals surface area contributed by atoms with Crippen LogP contribution in [-0.2, 0) is 0 Å². The molecule has 0 spiro atoms. The molecule has 0 fully saturated rings. The number of hydrogen-bond donors (Lipinski definition) is 3. The van der Waals surface area contributed by atoms with Crippen molar-refractivity contribution in [1.29, 1.82) is 0 Å². The summed E-state index contributed by atoms with van der Waals surface area (Å²) in [4.78, 5) is 4.13. The summed E-state index contributed by atoms with van der Waals surface area (Å²) in [6, 6.07) is 6.05. The van der Waals surface area contributed by atoms with E-state index in [-0.39, 0.29) is 11.5 Å². The number of hydrogen-bond acceptors (Lipinski definition) is 7. The summed E-state index contributed by atoms with van der Waals surface area (Å²) in [5.74, 6) is 0.213. The zero-order valence-electron chi connectivity index (χ0n) is 12.3. The van der Waals surface area contributed by atoms with Gasteiger partial charge in [-0.15, -0.1) is 16.5 Å². The molecule has 0 aliphatic carbocycles. The van der Waals surface area contributed by atoms with E-state index in [4.69, 9.17) is 17.2 Å². The standard InChI is InChI=1S/C15H16N6S/c1-7-10(4-3-9-5-6-22-14(7)9)20-21-13-8(2)19-15(18)12(17)11(13)16/h3-6H,17H2,1-2H3,(H4,16,18,19). The molecule has 2 aromatic heterocycles. The number of pyridine rings is 1. The number of thiophene rings is 1. The van der Waals surface area contributed by atoms with E-state index in [2.05, 4.69) is 26.7 Å². The van der Waals surface area contributed by atoms with Crippen LogP contribution in [0.4, 0.5) is 28.6 Å². The van der Waals surface area contributed by atoms with Gasteiger partial charge in [-0.05, 0) is 42.3 Å². The minimum Gasteiger partial charge on any atom is -0.395 e. The molecular weight excluding hydrogens is 296 g/mol. The highest BCUT2D eigenvalue weighted by molar-refractivity contribution is 7.17. The topological polar surface area (TPSA) is 116 Å². The van der Waals surface area contributed by atoms with E-state index in [1.807, 2.05) is 19.1 Å². The molecule has 0 aliphatic heterocycles. The molecule has 7 heteroatoms. The van der Waals surface area contributed by atoms with Crippen LogP contribution >= 0.6 is 11.3 Å². The Labute approximate surface area is 131 Å². The number of rotatable bonds is 2. The van der Waals surface area contributed by atoms with Gasteiger partial charge in [0, 0.05) is 4.70 Å². The summed E-state index contributed by atoms with van der Waals surface area (Å²) in [5, 5.41) is 11.8. The molecule has 0 atom stereocenters. The van der Waals surface area contributed by atoms with Crippen LogP contribution in [0.15, 0.2) is 33.8 Å². The number of azo groups is 1. The Balaban J connectivity index is 2.07. The highest BCUT2D eigenvalue weighted by Crippen LogP contribution is 2.36. The quantitative estimate of drug-likeness (QED) is 0.618. The molecule has 112 valence electrons. The van der Waals surface area contributed by atoms with Crippen molar-refractivity contribution in [2.24, 2.45) is 10.2 Å². The first-order valence-electron chi connectivity index (χ1n) is 6.68. The Morgan fingerprint density at radius 1 is 1.00 bits per heavy atom. The van der Waals surface area contributed by atoms with Crippen LogP contribution in [0.5, 0.6) is 0 Å². The van der Waals surface area contributed by atoms with E-state index in [0.717, 1.165) is 11.3 Å². The van der Waals surface area contributed by atoms with Crippen molar-refractivity contribution >= 4 is 50.0 Å². The maximum atomic E-state index is 5.96. The number of fused-ring (bicyclic) bond motifs is 1. The molecule has 0 saturated carbocycles. The third-order valence-electron chi connectivity index (χ3n) is 3.55. The molecule has 0 radical (unpaired) electrons. The Kier molecular flexibility index (Phi) is 3.42. The molecular formula is C15H16N6S. The lowest BCUT2D eigenvalue weighted by molar-refractivity contribution is 1.14. The normalized spacial score (nSPS) is 11.5. The fourth-order valence-electron chi connectivity index (χ4n) is 2.26. The summed E-state index contributed by atoms with van der Waals surface area (Å²) in [6.07, 6.45) is 0. The van der Waals surface area contributed by atoms with Crippen LogP contribution in [0.25, 0.3) is 10.1 Å². The fourth-order valence-corrected chi connectivity index (χ4v) is 3.16. The van der Waals surface area contributed by atoms with E-state index in [0.29, 0.717) is 17.1 Å². The van der Waals surface area contributed by atoms with Crippen molar-refractivity contribution < 1.29 is 0 Å². The van der Waals surface area contributed by atoms with Crippen LogP contribution in [0, 0.1) is 13.8 Å². The van der Waals surface area contributed by atoms with Crippen molar-refractivity contribution in [3.8, 4) is 0 Å². The van der Waals surface area contributed by atoms with Crippen molar-refractivity contribution in [2.45, 2.75) is 13.8 Å². The summed E-state index contributed by atoms with van der Waals surface area (Å²) in [7, 11) is 0. The third kappa shape index (κ3) is 2.25. The lowest BCUT2D eigenvalue weighted by atomic mass is 10.1. The SMILES string of the molecule is Cc1nc(N)c(N)c(N)c1N=Nc1ccc2ccsc2c1C. The smallest absolute Gasteiger partial charge is 0.149 e. The number of nitrogens with two attached hydrogens (primary N) is 3. The predicted octanol–water partition coefficient (Wildman–Crippen LogP) is 4.08. The lowest BCUT2D eigenvalue weighted by Gasteiger charge is -2.08. The van der Waals surface area contributed by atoms with Gasteiger partial charge < -0.3 is 17.2 Å². The fraction of sp³-hybridized carbons (Fsp3) is 0.133. The largest absolute Gasteiger partial charge is 0.395 e. The molecule has 6 N–H and O–H groups in total. The monoisotopic (exact) mass is 312 g/mol. The Hall–Kier alpha value is -2.67. The minimum absolute atomic E-state index is 0.213. The van der Waals surface area contributed by atoms with E-state index >= 15 is 0 Å². The first kappa shape index (κ1) is 14.3. The summed E-state index contributed by atoms with van der Waals surface area (Å²) >= 11 is 1.69. The van der Waals surface area contributed by atoms with Gasteiger partial charge in [-0.25, -0.2) is 4.98 Å². The first-order valence-corrected chi connectivity index (χ1v) is 7.56. The van der Waals surface area contributed by atoms with Gasteiger partial charge in [0.05, 0.1) is 22.8 Å². The number of nitrogen functional groups attached to an aromatic ring is 3. The second-order valence-electron chi connectivity index (χ2n) is 5.01. The second-order valence-corrected chi connectivity index (χ2v) is 5.92. The maximum absolute atomic E-state index is 5.96. The molecule has 0 saturated heterocycles. The average molecular weight is 312 g/mol. The van der Waals surface area contributed by atoms with Gasteiger partial charge in [-0.2, -0.15) is 5.11 Å². The highest BCUT2D eigenvalue weighted by atomic mass is 32.1. The third-order valence-corrected chi connectivity index (χ3v) is 4.60. The van der Waals surface area contributed by atoms with Crippen molar-refractivity contribution in [3.05, 3.63) is 34.8 Å². The van der Waals surface area contributed by atoms with Gasteiger partial charge in [0.2, 0.25) is 0 Å². The van der Waals surface area contributed by atoms with Crippen molar-refractivity contribution in [1.82, 2.24) is 4.98 Å². The number of anilines is 3. The van der Waals surface area contributed by atoms with Gasteiger partial charge in [0.15, 0.2) is 0 Å². The van der Waals surface area contributed by atoms with Crippen LogP contribution < -0.4 is 17.2 Å². The molecule has 0 bridgehead atoms. The van der Waals surface area contributed by atoms with Crippen LogP contribution in [-0.4, -0.2) is 4.98 Å². The lowest BCUT2D eigenvalue weighted by Crippen LogP contribution is -2.04. The summed E-state index contributed by atoms with van der Waals surface area (Å²) < 4.78 is 1.20. The Morgan fingerprint density at radius 2 is 1.77 bits per heavy atom. The maximum Gasteiger partial charge on any atom is 0.149 e. The van der Waals surface area contributed by atoms with Crippen molar-refractivity contribution in [3.63, 3.8) is 0 Å². The summed E-state index contributed by atoms with van der Waals surface area (Å²) in [6.45, 7) is 3.80. The molecule has 22 heavy (non-hydrogen) atoms.